The molecule has 1 aromatic rings. The molecule has 0 bridgehead atoms. The Morgan fingerprint density at radius 3 is 2.77 bits per heavy atom. The van der Waals surface area contributed by atoms with E-state index in [1.807, 2.05) is 0 Å². The van der Waals surface area contributed by atoms with Crippen LogP contribution in [0.15, 0.2) is 12.1 Å². The summed E-state index contributed by atoms with van der Waals surface area (Å²) in [5, 5.41) is 0. The maximum atomic E-state index is 13.9. The van der Waals surface area contributed by atoms with Crippen LogP contribution in [0.1, 0.15) is 88.8 Å². The van der Waals surface area contributed by atoms with Crippen molar-refractivity contribution in [2.45, 2.75) is 64.7 Å². The van der Waals surface area contributed by atoms with Gasteiger partial charge in [0.1, 0.15) is 12.1 Å². The number of carbonyl (C=O) groups excluding carboxylic acids is 1. The van der Waals surface area contributed by atoms with Crippen LogP contribution < -0.4 is 15.2 Å². The van der Waals surface area contributed by atoms with E-state index < -0.39 is 101 Å². The Kier molecular flexibility index (Phi) is 2.35. The number of fused-ring (bicyclic) bond motifs is 3. The van der Waals surface area contributed by atoms with Gasteiger partial charge in [0.15, 0.2) is 11.5 Å². The molecule has 168 valence electrons. The maximum absolute atomic E-state index is 13.9. The van der Waals surface area contributed by atoms with Crippen molar-refractivity contribution in [3.8, 4) is 11.5 Å². The average molecular weight is 442 g/mol. The number of piperidine rings is 1. The second kappa shape index (κ2) is 9.56. The van der Waals surface area contributed by atoms with E-state index in [2.05, 4.69) is 0 Å². The van der Waals surface area contributed by atoms with Crippen LogP contribution in [0.2, 0.25) is 0 Å². The van der Waals surface area contributed by atoms with Gasteiger partial charge in [-0.05, 0) is 47.8 Å². The standard InChI is InChI=1S/C24H38N2O4/c1-14(2)9-17-13-26-8-7-16-10-21(28-5)22(29-6)11-18(16)19(26)12-20(17)30-24(27)23(25)15(3)4/h10-11,14-15,17,19-20,23H,7-9,12-13,25H2,1-6H3/t17?,19?,20?,23-/m0/s1/i1D3,2D3,3D3,4D3,9D2,12D2,13D2,14D,15D,17D,19D,23D. The molecular weight excluding hydrogens is 380 g/mol. The summed E-state index contributed by atoms with van der Waals surface area (Å²) in [6, 6.07) is -5.39. The molecule has 2 aliphatic heterocycles. The van der Waals surface area contributed by atoms with Crippen molar-refractivity contribution in [1.82, 2.24) is 4.90 Å². The van der Waals surface area contributed by atoms with Crippen LogP contribution in [0.3, 0.4) is 0 Å². The van der Waals surface area contributed by atoms with Gasteiger partial charge in [0.2, 0.25) is 0 Å². The monoisotopic (exact) mass is 441 g/mol. The minimum absolute atomic E-state index is 0.0365. The van der Waals surface area contributed by atoms with Crippen molar-refractivity contribution in [3.05, 3.63) is 23.3 Å². The zero-order valence-electron chi connectivity index (χ0n) is 39.3. The Hall–Kier alpha value is -1.79. The minimum Gasteiger partial charge on any atom is -0.493 e. The largest absolute Gasteiger partial charge is 0.493 e. The zero-order chi connectivity index (χ0) is 42.0. The Morgan fingerprint density at radius 2 is 2.10 bits per heavy atom. The van der Waals surface area contributed by atoms with Gasteiger partial charge in [-0.1, -0.05) is 27.4 Å². The van der Waals surface area contributed by atoms with Crippen LogP contribution in [0, 0.1) is 17.7 Å². The third kappa shape index (κ3) is 4.75. The first-order valence-corrected chi connectivity index (χ1v) is 8.76. The third-order valence-electron chi connectivity index (χ3n) is 4.50. The highest BCUT2D eigenvalue weighted by Gasteiger charge is 2.41. The fourth-order valence-corrected chi connectivity index (χ4v) is 3.09. The molecule has 2 heterocycles. The molecule has 1 saturated heterocycles. The fourth-order valence-electron chi connectivity index (χ4n) is 3.09. The van der Waals surface area contributed by atoms with Crippen LogP contribution in [-0.2, 0) is 16.0 Å². The highest BCUT2D eigenvalue weighted by molar-refractivity contribution is 5.76. The predicted molar refractivity (Wildman–Crippen MR) is 118 cm³/mol. The quantitative estimate of drug-likeness (QED) is 0.652. The molecule has 3 rings (SSSR count). The Balaban J connectivity index is 2.59. The van der Waals surface area contributed by atoms with Crippen molar-refractivity contribution in [3.63, 3.8) is 0 Å². The summed E-state index contributed by atoms with van der Waals surface area (Å²) < 4.78 is 209. The van der Waals surface area contributed by atoms with E-state index in [0.717, 1.165) is 13.2 Å². The molecule has 2 N–H and O–H groups in total. The van der Waals surface area contributed by atoms with Crippen LogP contribution in [0.5, 0.6) is 11.5 Å². The molecular formula is C24H38N2O4. The number of nitrogens with zero attached hydrogens (tertiary/aromatic N) is 1. The molecule has 0 saturated carbocycles. The summed E-state index contributed by atoms with van der Waals surface area (Å²) in [6.07, 6.45) is -12.7. The number of methoxy groups -OCH3 is 2. The summed E-state index contributed by atoms with van der Waals surface area (Å²) in [5.74, 6) is -16.3. The van der Waals surface area contributed by atoms with E-state index >= 15 is 0 Å². The van der Waals surface area contributed by atoms with Gasteiger partial charge in [0, 0.05) is 60.1 Å². The molecule has 4 atom stereocenters. The predicted octanol–water partition coefficient (Wildman–Crippen LogP) is 3.56. The molecule has 0 amide bonds. The number of hydrogen-bond donors (Lipinski definition) is 1. The van der Waals surface area contributed by atoms with Gasteiger partial charge in [-0.15, -0.1) is 0 Å². The average Bonchev–Trinajstić information content (AvgIpc) is 2.98. The fraction of sp³-hybridized carbons (Fsp3) is 0.708. The maximum Gasteiger partial charge on any atom is 0.323 e. The van der Waals surface area contributed by atoms with E-state index in [0.29, 0.717) is 0 Å². The number of rotatable bonds is 7. The molecule has 1 fully saturated rings. The van der Waals surface area contributed by atoms with Crippen LogP contribution in [-0.4, -0.2) is 50.3 Å². The van der Waals surface area contributed by atoms with Crippen LogP contribution in [0.4, 0.5) is 0 Å². The van der Waals surface area contributed by atoms with Gasteiger partial charge in [-0.25, -0.2) is 0 Å². The Bertz CT molecular complexity index is 1570. The number of nitrogens with two attached hydrogens (primary N) is 1. The van der Waals surface area contributed by atoms with Gasteiger partial charge in [0.25, 0.3) is 0 Å². The van der Waals surface area contributed by atoms with Gasteiger partial charge in [-0.2, -0.15) is 0 Å². The van der Waals surface area contributed by atoms with Crippen molar-refractivity contribution in [2.24, 2.45) is 23.4 Å². The topological polar surface area (TPSA) is 74.0 Å². The molecule has 30 heavy (non-hydrogen) atoms. The number of ether oxygens (including phenoxy) is 3. The van der Waals surface area contributed by atoms with E-state index in [4.69, 9.17) is 43.2 Å². The summed E-state index contributed by atoms with van der Waals surface area (Å²) >= 11 is 0. The second-order valence-electron chi connectivity index (χ2n) is 6.36. The smallest absolute Gasteiger partial charge is 0.323 e. The van der Waals surface area contributed by atoms with E-state index in [9.17, 15) is 13.0 Å². The molecule has 3 unspecified atom stereocenters. The molecule has 2 aliphatic rings. The number of carbonyl (C=O) groups is 1. The second-order valence-corrected chi connectivity index (χ2v) is 6.36. The molecule has 0 aromatic heterocycles. The molecule has 6 nitrogen and oxygen atoms in total. The molecule has 6 heteroatoms. The third-order valence-corrected chi connectivity index (χ3v) is 4.50. The summed E-state index contributed by atoms with van der Waals surface area (Å²) in [6.45, 7) is -21.8. The highest BCUT2D eigenvalue weighted by atomic mass is 16.5. The lowest BCUT2D eigenvalue weighted by atomic mass is 9.79. The first-order chi connectivity index (χ1) is 23.2. The van der Waals surface area contributed by atoms with Crippen molar-refractivity contribution >= 4 is 5.97 Å². The van der Waals surface area contributed by atoms with Crippen molar-refractivity contribution in [1.29, 1.82) is 0 Å². The first kappa shape index (κ1) is 7.38. The SMILES string of the molecule is [2H]C([2H])([2H])C([2H])(C([2H])([2H])[2H])C([2H])([2H])C1([2H])C(OC(=O)[C@@]([2H])(N)C([2H])(C([2H])([2H])[2H])C([2H])([2H])[2H])C([2H])([2H])C2([2H])c3cc(OC)c(OC)cc3CCN2C1([2H])[2H]. The molecule has 0 aliphatic carbocycles. The minimum atomic E-state index is -4.72. The highest BCUT2D eigenvalue weighted by Crippen LogP contribution is 2.44. The van der Waals surface area contributed by atoms with E-state index in [1.165, 1.54) is 13.2 Å². The van der Waals surface area contributed by atoms with Crippen LogP contribution >= 0.6 is 0 Å². The molecule has 0 radical (unpaired) electrons. The summed E-state index contributed by atoms with van der Waals surface area (Å²) in [4.78, 5) is 14.1. The number of benzene rings is 1. The first-order valence-electron chi connectivity index (χ1n) is 20.3. The normalized spacial score (nSPS) is 48.4. The van der Waals surface area contributed by atoms with E-state index in [-0.39, 0.29) is 28.4 Å². The van der Waals surface area contributed by atoms with Gasteiger partial charge >= 0.3 is 5.97 Å². The van der Waals surface area contributed by atoms with Gasteiger partial charge < -0.3 is 19.9 Å². The lowest BCUT2D eigenvalue weighted by molar-refractivity contribution is -0.160. The summed E-state index contributed by atoms with van der Waals surface area (Å²) in [5.41, 5.74) is 5.19. The van der Waals surface area contributed by atoms with Crippen LogP contribution in [0.25, 0.3) is 0 Å². The Labute approximate surface area is 213 Å². The van der Waals surface area contributed by atoms with E-state index in [1.54, 1.807) is 0 Å². The lowest BCUT2D eigenvalue weighted by Crippen LogP contribution is -2.51. The number of hydrogen-bond acceptors (Lipinski definition) is 6. The lowest BCUT2D eigenvalue weighted by Gasteiger charge is -2.47. The van der Waals surface area contributed by atoms with Gasteiger partial charge in [0.05, 0.1) is 17.0 Å². The van der Waals surface area contributed by atoms with Crippen molar-refractivity contribution < 1.29 is 50.5 Å². The molecule has 1 aromatic carbocycles. The zero-order valence-corrected chi connectivity index (χ0v) is 16.3. The summed E-state index contributed by atoms with van der Waals surface area (Å²) in [7, 11) is 2.37. The Morgan fingerprint density at radius 1 is 1.37 bits per heavy atom. The van der Waals surface area contributed by atoms with Gasteiger partial charge in [-0.3, -0.25) is 9.69 Å². The van der Waals surface area contributed by atoms with Crippen molar-refractivity contribution in [2.75, 3.05) is 27.3 Å². The number of esters is 1. The molecule has 0 spiro atoms.